The van der Waals surface area contributed by atoms with Gasteiger partial charge in [-0.15, -0.1) is 11.3 Å². The summed E-state index contributed by atoms with van der Waals surface area (Å²) < 4.78 is 15.7. The molecule has 1 aliphatic heterocycles. The van der Waals surface area contributed by atoms with Crippen LogP contribution in [0.15, 0.2) is 23.0 Å². The van der Waals surface area contributed by atoms with Crippen LogP contribution >= 0.6 is 11.3 Å². The zero-order valence-electron chi connectivity index (χ0n) is 17.1. The number of carbonyl (C=O) groups excluding carboxylic acids is 2. The maximum Gasteiger partial charge on any atom is 0.409 e. The normalized spacial score (nSPS) is 14.0. The van der Waals surface area contributed by atoms with Crippen molar-refractivity contribution in [3.63, 3.8) is 0 Å². The zero-order valence-corrected chi connectivity index (χ0v) is 17.9. The summed E-state index contributed by atoms with van der Waals surface area (Å²) in [7, 11) is 2.69. The van der Waals surface area contributed by atoms with Crippen molar-refractivity contribution in [3.05, 3.63) is 44.4 Å². The smallest absolute Gasteiger partial charge is 0.409 e. The third-order valence-corrected chi connectivity index (χ3v) is 5.42. The standard InChI is InChI=1S/C19H22N4O7S/c1-28-16-8-14(18(24)21-4-3-5-22(7-6-21)19(25)29-2)15(23(26)27)9-17(16)30-10-13-11-31-12-20-13/h8-9,11-12H,3-7,10H2,1-2H3. The molecule has 0 radical (unpaired) electrons. The fourth-order valence-electron chi connectivity index (χ4n) is 3.21. The van der Waals surface area contributed by atoms with E-state index in [0.29, 0.717) is 25.2 Å². The number of methoxy groups -OCH3 is 2. The summed E-state index contributed by atoms with van der Waals surface area (Å²) in [6, 6.07) is 2.51. The van der Waals surface area contributed by atoms with Crippen LogP contribution in [0.4, 0.5) is 10.5 Å². The second kappa shape index (κ2) is 10.1. The van der Waals surface area contributed by atoms with Crippen molar-refractivity contribution in [2.45, 2.75) is 13.0 Å². The van der Waals surface area contributed by atoms with E-state index in [1.165, 1.54) is 47.5 Å². The van der Waals surface area contributed by atoms with Crippen molar-refractivity contribution in [2.24, 2.45) is 0 Å². The number of nitro benzene ring substituents is 1. The van der Waals surface area contributed by atoms with Gasteiger partial charge in [-0.1, -0.05) is 0 Å². The lowest BCUT2D eigenvalue weighted by atomic mass is 10.1. The number of benzene rings is 1. The van der Waals surface area contributed by atoms with Crippen LogP contribution in [0.5, 0.6) is 11.5 Å². The third-order valence-electron chi connectivity index (χ3n) is 4.78. The first kappa shape index (κ1) is 22.3. The number of rotatable bonds is 6. The van der Waals surface area contributed by atoms with Crippen LogP contribution in [-0.2, 0) is 11.3 Å². The Balaban J connectivity index is 1.84. The number of aromatic nitrogens is 1. The quantitative estimate of drug-likeness (QED) is 0.486. The molecule has 166 valence electrons. The fourth-order valence-corrected chi connectivity index (χ4v) is 3.75. The summed E-state index contributed by atoms with van der Waals surface area (Å²) in [5.41, 5.74) is 1.85. The van der Waals surface area contributed by atoms with E-state index >= 15 is 0 Å². The van der Waals surface area contributed by atoms with Crippen LogP contribution in [0.1, 0.15) is 22.5 Å². The number of hydrogen-bond acceptors (Lipinski definition) is 9. The van der Waals surface area contributed by atoms with Gasteiger partial charge in [-0.2, -0.15) is 0 Å². The minimum Gasteiger partial charge on any atom is -0.493 e. The molecule has 12 heteroatoms. The highest BCUT2D eigenvalue weighted by Gasteiger charge is 2.30. The highest BCUT2D eigenvalue weighted by Crippen LogP contribution is 2.36. The molecule has 1 fully saturated rings. The average molecular weight is 450 g/mol. The molecule has 1 aromatic heterocycles. The number of thiazole rings is 1. The minimum atomic E-state index is -0.624. The third kappa shape index (κ3) is 5.20. The summed E-state index contributed by atoms with van der Waals surface area (Å²) in [6.07, 6.45) is 0.0595. The van der Waals surface area contributed by atoms with E-state index in [1.807, 2.05) is 0 Å². The van der Waals surface area contributed by atoms with E-state index in [2.05, 4.69) is 4.98 Å². The molecule has 2 heterocycles. The molecule has 31 heavy (non-hydrogen) atoms. The molecule has 2 amide bonds. The van der Waals surface area contributed by atoms with Gasteiger partial charge < -0.3 is 24.0 Å². The number of amides is 2. The molecule has 0 saturated carbocycles. The van der Waals surface area contributed by atoms with Gasteiger partial charge in [0, 0.05) is 37.6 Å². The van der Waals surface area contributed by atoms with Crippen molar-refractivity contribution in [1.82, 2.24) is 14.8 Å². The van der Waals surface area contributed by atoms with Gasteiger partial charge in [-0.05, 0) is 6.42 Å². The molecule has 1 aliphatic rings. The Kier molecular flexibility index (Phi) is 7.23. The van der Waals surface area contributed by atoms with Crippen LogP contribution in [0.2, 0.25) is 0 Å². The van der Waals surface area contributed by atoms with Gasteiger partial charge in [-0.25, -0.2) is 9.78 Å². The number of nitrogens with zero attached hydrogens (tertiary/aromatic N) is 4. The van der Waals surface area contributed by atoms with Crippen molar-refractivity contribution < 1.29 is 28.7 Å². The molecular weight excluding hydrogens is 428 g/mol. The molecule has 0 spiro atoms. The van der Waals surface area contributed by atoms with E-state index in [9.17, 15) is 19.7 Å². The van der Waals surface area contributed by atoms with Gasteiger partial charge in [0.1, 0.15) is 12.2 Å². The molecule has 0 unspecified atom stereocenters. The molecule has 0 N–H and O–H groups in total. The Morgan fingerprint density at radius 2 is 1.90 bits per heavy atom. The lowest BCUT2D eigenvalue weighted by Gasteiger charge is -2.22. The monoisotopic (exact) mass is 450 g/mol. The first-order valence-corrected chi connectivity index (χ1v) is 10.4. The van der Waals surface area contributed by atoms with Crippen molar-refractivity contribution in [2.75, 3.05) is 40.4 Å². The lowest BCUT2D eigenvalue weighted by Crippen LogP contribution is -2.37. The van der Waals surface area contributed by atoms with Crippen LogP contribution < -0.4 is 9.47 Å². The zero-order chi connectivity index (χ0) is 22.4. The maximum atomic E-state index is 13.1. The second-order valence-corrected chi connectivity index (χ2v) is 7.37. The summed E-state index contributed by atoms with van der Waals surface area (Å²) in [5.74, 6) is -0.163. The Hall–Kier alpha value is -3.41. The van der Waals surface area contributed by atoms with Crippen molar-refractivity contribution >= 4 is 29.0 Å². The Morgan fingerprint density at radius 3 is 2.55 bits per heavy atom. The molecule has 0 aliphatic carbocycles. The van der Waals surface area contributed by atoms with E-state index in [-0.39, 0.29) is 42.4 Å². The Labute approximate surface area is 182 Å². The minimum absolute atomic E-state index is 0.102. The van der Waals surface area contributed by atoms with Gasteiger partial charge in [0.05, 0.1) is 36.4 Å². The molecule has 0 bridgehead atoms. The summed E-state index contributed by atoms with van der Waals surface area (Å²) in [5, 5.41) is 13.5. The van der Waals surface area contributed by atoms with E-state index < -0.39 is 16.9 Å². The molecular formula is C19H22N4O7S. The largest absolute Gasteiger partial charge is 0.493 e. The number of ether oxygens (including phenoxy) is 3. The van der Waals surface area contributed by atoms with E-state index in [1.54, 1.807) is 10.9 Å². The van der Waals surface area contributed by atoms with Gasteiger partial charge >= 0.3 is 6.09 Å². The highest BCUT2D eigenvalue weighted by atomic mass is 32.1. The topological polar surface area (TPSA) is 124 Å². The van der Waals surface area contributed by atoms with Crippen LogP contribution in [0.25, 0.3) is 0 Å². The predicted octanol–water partition coefficient (Wildman–Crippen LogP) is 2.55. The maximum absolute atomic E-state index is 13.1. The van der Waals surface area contributed by atoms with Crippen LogP contribution in [0, 0.1) is 10.1 Å². The fraction of sp³-hybridized carbons (Fsp3) is 0.421. The molecule has 11 nitrogen and oxygen atoms in total. The van der Waals surface area contributed by atoms with E-state index in [0.717, 1.165) is 0 Å². The van der Waals surface area contributed by atoms with Crippen LogP contribution in [0.3, 0.4) is 0 Å². The highest BCUT2D eigenvalue weighted by molar-refractivity contribution is 7.07. The summed E-state index contributed by atoms with van der Waals surface area (Å²) >= 11 is 1.41. The Bertz CT molecular complexity index is 951. The number of hydrogen-bond donors (Lipinski definition) is 0. The first-order valence-electron chi connectivity index (χ1n) is 9.43. The SMILES string of the molecule is COC(=O)N1CCCN(C(=O)c2cc(OC)c(OCc3cscn3)cc2[N+](=O)[O-])CC1. The molecule has 1 saturated heterocycles. The van der Waals surface area contributed by atoms with E-state index in [4.69, 9.17) is 14.2 Å². The summed E-state index contributed by atoms with van der Waals surface area (Å²) in [6.45, 7) is 1.41. The summed E-state index contributed by atoms with van der Waals surface area (Å²) in [4.78, 5) is 43.1. The number of carbonyl (C=O) groups is 2. The second-order valence-electron chi connectivity index (χ2n) is 6.65. The average Bonchev–Trinajstić information content (AvgIpc) is 3.18. The molecule has 2 aromatic rings. The first-order chi connectivity index (χ1) is 14.9. The Morgan fingerprint density at radius 1 is 1.16 bits per heavy atom. The van der Waals surface area contributed by atoms with Crippen LogP contribution in [-0.4, -0.2) is 72.1 Å². The van der Waals surface area contributed by atoms with Gasteiger partial charge in [0.15, 0.2) is 11.5 Å². The van der Waals surface area contributed by atoms with Crippen molar-refractivity contribution in [1.29, 1.82) is 0 Å². The van der Waals surface area contributed by atoms with Crippen molar-refractivity contribution in [3.8, 4) is 11.5 Å². The number of nitro groups is 1. The lowest BCUT2D eigenvalue weighted by molar-refractivity contribution is -0.385. The van der Waals surface area contributed by atoms with Gasteiger partial charge in [-0.3, -0.25) is 14.9 Å². The molecule has 1 aromatic carbocycles. The van der Waals surface area contributed by atoms with Gasteiger partial charge in [0.25, 0.3) is 11.6 Å². The molecule has 3 rings (SSSR count). The molecule has 0 atom stereocenters. The van der Waals surface area contributed by atoms with Gasteiger partial charge in [0.2, 0.25) is 0 Å². The predicted molar refractivity (Wildman–Crippen MR) is 111 cm³/mol.